The molecule has 10 heteroatoms. The van der Waals surface area contributed by atoms with E-state index in [4.69, 9.17) is 24.0 Å². The van der Waals surface area contributed by atoms with Crippen molar-refractivity contribution in [1.29, 1.82) is 0 Å². The summed E-state index contributed by atoms with van der Waals surface area (Å²) in [6.07, 6.45) is 2.92. The molecule has 1 aliphatic rings. The summed E-state index contributed by atoms with van der Waals surface area (Å²) in [6.45, 7) is 6.79. The second-order valence-electron chi connectivity index (χ2n) is 10.7. The number of imidazole rings is 1. The van der Waals surface area contributed by atoms with Crippen LogP contribution in [-0.2, 0) is 24.4 Å². The number of carboxylic acids is 1. The van der Waals surface area contributed by atoms with Crippen molar-refractivity contribution in [1.82, 2.24) is 24.6 Å². The quantitative estimate of drug-likeness (QED) is 0.190. The third-order valence-corrected chi connectivity index (χ3v) is 7.81. The number of aromatic nitrogens is 4. The largest absolute Gasteiger partial charge is 0.478 e. The first kappa shape index (κ1) is 27.9. The predicted octanol–water partition coefficient (Wildman–Crippen LogP) is 5.66. The smallest absolute Gasteiger partial charge is 0.335 e. The van der Waals surface area contributed by atoms with Crippen LogP contribution < -0.4 is 4.74 Å². The van der Waals surface area contributed by atoms with E-state index in [1.54, 1.807) is 18.2 Å². The zero-order valence-electron chi connectivity index (χ0n) is 23.7. The van der Waals surface area contributed by atoms with Crippen LogP contribution in [0.2, 0.25) is 0 Å². The Labute approximate surface area is 243 Å². The Morgan fingerprint density at radius 1 is 1.05 bits per heavy atom. The molecule has 6 rings (SSSR count). The van der Waals surface area contributed by atoms with Crippen LogP contribution in [0.1, 0.15) is 59.7 Å². The lowest BCUT2D eigenvalue weighted by Gasteiger charge is -2.31. The molecule has 1 saturated heterocycles. The van der Waals surface area contributed by atoms with Gasteiger partial charge < -0.3 is 23.7 Å². The summed E-state index contributed by atoms with van der Waals surface area (Å²) in [5, 5.41) is 14.6. The number of likely N-dealkylation sites (tertiary alicyclic amines) is 1. The zero-order chi connectivity index (χ0) is 28.9. The zero-order valence-corrected chi connectivity index (χ0v) is 23.7. The second kappa shape index (κ2) is 12.7. The maximum Gasteiger partial charge on any atom is 0.335 e. The van der Waals surface area contributed by atoms with Crippen LogP contribution in [0.3, 0.4) is 0 Å². The van der Waals surface area contributed by atoms with E-state index >= 15 is 0 Å². The molecule has 0 radical (unpaired) electrons. The van der Waals surface area contributed by atoms with Gasteiger partial charge in [0, 0.05) is 36.2 Å². The minimum atomic E-state index is -0.940. The summed E-state index contributed by atoms with van der Waals surface area (Å²) in [5.41, 5.74) is 4.44. The van der Waals surface area contributed by atoms with E-state index in [2.05, 4.69) is 27.6 Å². The highest BCUT2D eigenvalue weighted by atomic mass is 16.5. The van der Waals surface area contributed by atoms with Gasteiger partial charge in [-0.1, -0.05) is 30.3 Å². The molecule has 2 aromatic carbocycles. The van der Waals surface area contributed by atoms with Gasteiger partial charge in [0.05, 0.1) is 29.7 Å². The highest BCUT2D eigenvalue weighted by Crippen LogP contribution is 2.29. The average Bonchev–Trinajstić information content (AvgIpc) is 3.59. The Kier molecular flexibility index (Phi) is 8.43. The van der Waals surface area contributed by atoms with Gasteiger partial charge in [-0.3, -0.25) is 4.90 Å². The Morgan fingerprint density at radius 3 is 2.74 bits per heavy atom. The van der Waals surface area contributed by atoms with Crippen molar-refractivity contribution < 1.29 is 23.9 Å². The van der Waals surface area contributed by atoms with Crippen molar-refractivity contribution in [3.8, 4) is 5.88 Å². The molecule has 0 unspecified atom stereocenters. The number of carbonyl (C=O) groups is 1. The number of nitrogens with zero attached hydrogens (tertiary/aromatic N) is 5. The number of fused-ring (bicyclic) bond motifs is 2. The van der Waals surface area contributed by atoms with Crippen molar-refractivity contribution in [2.45, 2.75) is 51.8 Å². The molecule has 1 fully saturated rings. The minimum Gasteiger partial charge on any atom is -0.478 e. The number of benzene rings is 2. The summed E-state index contributed by atoms with van der Waals surface area (Å²) in [7, 11) is 0. The lowest BCUT2D eigenvalue weighted by Crippen LogP contribution is -2.33. The summed E-state index contributed by atoms with van der Waals surface area (Å²) < 4.78 is 19.3. The molecule has 0 bridgehead atoms. The molecule has 0 atom stereocenters. The first-order chi connectivity index (χ1) is 20.6. The number of aromatic carboxylic acids is 1. The van der Waals surface area contributed by atoms with Crippen LogP contribution in [0.25, 0.3) is 22.0 Å². The van der Waals surface area contributed by atoms with Gasteiger partial charge in [0.15, 0.2) is 5.58 Å². The number of hydrogen-bond acceptors (Lipinski definition) is 8. The van der Waals surface area contributed by atoms with Gasteiger partial charge in [0.25, 0.3) is 0 Å². The topological polar surface area (TPSA) is 116 Å². The number of para-hydroxylation sites is 1. The Bertz CT molecular complexity index is 1670. The van der Waals surface area contributed by atoms with Gasteiger partial charge in [-0.25, -0.2) is 14.8 Å². The van der Waals surface area contributed by atoms with Gasteiger partial charge in [-0.05, 0) is 68.8 Å². The Hall–Kier alpha value is -4.28. The predicted molar refractivity (Wildman–Crippen MR) is 158 cm³/mol. The molecule has 0 spiro atoms. The minimum absolute atomic E-state index is 0.263. The monoisotopic (exact) mass is 569 g/mol. The van der Waals surface area contributed by atoms with E-state index in [1.807, 2.05) is 36.4 Å². The number of rotatable bonds is 12. The van der Waals surface area contributed by atoms with E-state index in [1.165, 1.54) is 0 Å². The first-order valence-corrected chi connectivity index (χ1v) is 14.5. The van der Waals surface area contributed by atoms with Gasteiger partial charge in [0.1, 0.15) is 18.1 Å². The second-order valence-corrected chi connectivity index (χ2v) is 10.7. The van der Waals surface area contributed by atoms with E-state index < -0.39 is 5.97 Å². The number of ether oxygens (including phenoxy) is 2. The van der Waals surface area contributed by atoms with Gasteiger partial charge >= 0.3 is 5.97 Å². The average molecular weight is 570 g/mol. The maximum absolute atomic E-state index is 11.6. The van der Waals surface area contributed by atoms with Crippen LogP contribution in [0, 0.1) is 0 Å². The lowest BCUT2D eigenvalue weighted by atomic mass is 9.93. The van der Waals surface area contributed by atoms with E-state index in [0.29, 0.717) is 44.7 Å². The van der Waals surface area contributed by atoms with E-state index in [-0.39, 0.29) is 5.56 Å². The van der Waals surface area contributed by atoms with Gasteiger partial charge in [-0.15, -0.1) is 0 Å². The Balaban J connectivity index is 1.10. The van der Waals surface area contributed by atoms with E-state index in [9.17, 15) is 9.90 Å². The molecule has 10 nitrogen and oxygen atoms in total. The maximum atomic E-state index is 11.6. The van der Waals surface area contributed by atoms with Crippen molar-refractivity contribution in [2.75, 3.05) is 26.3 Å². The fourth-order valence-corrected chi connectivity index (χ4v) is 5.59. The summed E-state index contributed by atoms with van der Waals surface area (Å²) in [5.74, 6) is 0.920. The normalized spacial score (nSPS) is 14.6. The molecule has 42 heavy (non-hydrogen) atoms. The van der Waals surface area contributed by atoms with Crippen molar-refractivity contribution in [3.05, 3.63) is 83.4 Å². The van der Waals surface area contributed by atoms with Gasteiger partial charge in [-0.2, -0.15) is 0 Å². The molecule has 0 saturated carbocycles. The standard InChI is InChI=1S/C32H35N5O5/c1-2-17-40-18-16-37-28-19-23(32(38)39)10-11-26(28)33-30(37)20-36-14-12-22(13-15-36)25-7-5-9-31(34-25)41-21-27-24-6-3-4-8-29(24)42-35-27/h3-11,19,22H,2,12-18,20-21H2,1H3,(H,38,39). The number of pyridine rings is 1. The molecule has 1 aliphatic heterocycles. The molecule has 218 valence electrons. The molecular formula is C32H35N5O5. The van der Waals surface area contributed by atoms with Gasteiger partial charge in [0.2, 0.25) is 5.88 Å². The van der Waals surface area contributed by atoms with Crippen molar-refractivity contribution in [3.63, 3.8) is 0 Å². The highest BCUT2D eigenvalue weighted by Gasteiger charge is 2.24. The van der Waals surface area contributed by atoms with E-state index in [0.717, 1.165) is 71.6 Å². The number of piperidine rings is 1. The molecular weight excluding hydrogens is 534 g/mol. The Morgan fingerprint density at radius 2 is 1.90 bits per heavy atom. The fraction of sp³-hybridized carbons (Fsp3) is 0.375. The third kappa shape index (κ3) is 6.14. The third-order valence-electron chi connectivity index (χ3n) is 7.81. The molecule has 0 aliphatic carbocycles. The molecule has 0 amide bonds. The SMILES string of the molecule is CCCOCCn1c(CN2CCC(c3cccc(OCc4noc5ccccc45)n3)CC2)nc2ccc(C(=O)O)cc21. The van der Waals surface area contributed by atoms with Crippen molar-refractivity contribution in [2.24, 2.45) is 0 Å². The number of hydrogen-bond donors (Lipinski definition) is 1. The van der Waals surface area contributed by atoms with Crippen LogP contribution >= 0.6 is 0 Å². The number of carboxylic acid groups (broad SMARTS) is 1. The molecule has 3 aromatic heterocycles. The van der Waals surface area contributed by atoms with Crippen LogP contribution in [-0.4, -0.2) is 62.0 Å². The van der Waals surface area contributed by atoms with Crippen LogP contribution in [0.5, 0.6) is 5.88 Å². The summed E-state index contributed by atoms with van der Waals surface area (Å²) >= 11 is 0. The van der Waals surface area contributed by atoms with Crippen LogP contribution in [0.4, 0.5) is 0 Å². The highest BCUT2D eigenvalue weighted by molar-refractivity contribution is 5.92. The van der Waals surface area contributed by atoms with Crippen LogP contribution in [0.15, 0.2) is 65.2 Å². The first-order valence-electron chi connectivity index (χ1n) is 14.5. The van der Waals surface area contributed by atoms with Crippen molar-refractivity contribution >= 4 is 28.0 Å². The summed E-state index contributed by atoms with van der Waals surface area (Å²) in [4.78, 5) is 23.7. The lowest BCUT2D eigenvalue weighted by molar-refractivity contribution is 0.0697. The molecule has 5 aromatic rings. The molecule has 4 heterocycles. The molecule has 1 N–H and O–H groups in total. The fourth-order valence-electron chi connectivity index (χ4n) is 5.59. The summed E-state index contributed by atoms with van der Waals surface area (Å²) in [6, 6.07) is 18.8.